The molecule has 0 spiro atoms. The fourth-order valence-electron chi connectivity index (χ4n) is 4.74. The number of allylic oxidation sites excluding steroid dienone is 6. The van der Waals surface area contributed by atoms with Crippen LogP contribution < -0.4 is 0 Å². The zero-order valence-corrected chi connectivity index (χ0v) is 19.7. The van der Waals surface area contributed by atoms with E-state index in [1.54, 1.807) is 0 Å². The molecule has 0 unspecified atom stereocenters. The highest BCUT2D eigenvalue weighted by molar-refractivity contribution is 5.24. The summed E-state index contributed by atoms with van der Waals surface area (Å²) in [4.78, 5) is 0. The van der Waals surface area contributed by atoms with Gasteiger partial charge in [0.15, 0.2) is 0 Å². The maximum atomic E-state index is 3.38. The average Bonchev–Trinajstić information content (AvgIpc) is 2.78. The Morgan fingerprint density at radius 3 is 1.27 bits per heavy atom. The lowest BCUT2D eigenvalue weighted by Gasteiger charge is -2.26. The highest BCUT2D eigenvalue weighted by atomic mass is 14.2. The van der Waals surface area contributed by atoms with Gasteiger partial charge in [0, 0.05) is 0 Å². The monoisotopic (exact) mass is 404 g/mol. The van der Waals surface area contributed by atoms with E-state index in [1.165, 1.54) is 89.2 Å². The van der Waals surface area contributed by atoms with E-state index in [4.69, 9.17) is 0 Å². The maximum absolute atomic E-state index is 3.38. The van der Waals surface area contributed by atoms with E-state index in [-0.39, 0.29) is 0 Å². The minimum atomic E-state index is 0.783. The second-order valence-electron chi connectivity index (χ2n) is 8.84. The third kappa shape index (κ3) is 12.6. The van der Waals surface area contributed by atoms with Crippen molar-refractivity contribution in [3.05, 3.63) is 49.6 Å². The molecule has 0 aliphatic heterocycles. The van der Waals surface area contributed by atoms with Crippen molar-refractivity contribution >= 4 is 0 Å². The summed E-state index contributed by atoms with van der Waals surface area (Å²) >= 11 is 0. The van der Waals surface area contributed by atoms with E-state index in [1.807, 2.05) is 0 Å². The lowest BCUT2D eigenvalue weighted by molar-refractivity contribution is 0.294. The van der Waals surface area contributed by atoms with Crippen LogP contribution in [0.1, 0.15) is 90.9 Å². The van der Waals surface area contributed by atoms with Crippen LogP contribution in [0.3, 0.4) is 0 Å². The van der Waals surface area contributed by atoms with E-state index in [0.717, 1.165) is 23.7 Å². The van der Waals surface area contributed by atoms with Crippen molar-refractivity contribution in [2.24, 2.45) is 23.7 Å². The van der Waals surface area contributed by atoms with Crippen LogP contribution in [0.4, 0.5) is 0 Å². The van der Waals surface area contributed by atoms with E-state index in [0.29, 0.717) is 0 Å². The van der Waals surface area contributed by atoms with Crippen molar-refractivity contribution in [1.29, 1.82) is 0 Å². The Hall–Kier alpha value is -1.92. The first kappa shape index (κ1) is 26.1. The first-order valence-electron chi connectivity index (χ1n) is 12.3. The van der Waals surface area contributed by atoms with E-state index >= 15 is 0 Å². The van der Waals surface area contributed by atoms with Crippen LogP contribution in [0.15, 0.2) is 49.6 Å². The molecule has 30 heavy (non-hydrogen) atoms. The Morgan fingerprint density at radius 1 is 0.600 bits per heavy atom. The molecule has 0 N–H and O–H groups in total. The van der Waals surface area contributed by atoms with Crippen LogP contribution in [-0.2, 0) is 0 Å². The van der Waals surface area contributed by atoms with Crippen LogP contribution in [0.5, 0.6) is 0 Å². The SMILES string of the molecule is C=CC#CC=C.CCCC1CCC(/C=C/C#C/C=C/C2CCC(CCC)CC2)CC1. The summed E-state index contributed by atoms with van der Waals surface area (Å²) < 4.78 is 0. The molecule has 0 atom stereocenters. The quantitative estimate of drug-likeness (QED) is 0.388. The summed E-state index contributed by atoms with van der Waals surface area (Å²) in [7, 11) is 0. The Bertz CT molecular complexity index is 571. The number of hydrogen-bond acceptors (Lipinski definition) is 0. The Morgan fingerprint density at radius 2 is 0.967 bits per heavy atom. The van der Waals surface area contributed by atoms with Gasteiger partial charge in [0.25, 0.3) is 0 Å². The first-order chi connectivity index (χ1) is 14.7. The summed E-state index contributed by atoms with van der Waals surface area (Å²) in [6.07, 6.45) is 28.8. The van der Waals surface area contributed by atoms with E-state index < -0.39 is 0 Å². The normalized spacial score (nSPS) is 25.9. The van der Waals surface area contributed by atoms with Gasteiger partial charge in [0.1, 0.15) is 0 Å². The minimum Gasteiger partial charge on any atom is -0.0906 e. The summed E-state index contributed by atoms with van der Waals surface area (Å²) in [5, 5.41) is 0. The Balaban J connectivity index is 0.000000656. The predicted octanol–water partition coefficient (Wildman–Crippen LogP) is 8.68. The molecule has 0 amide bonds. The molecule has 0 nitrogen and oxygen atoms in total. The molecule has 0 aromatic rings. The molecule has 2 aliphatic carbocycles. The lowest BCUT2D eigenvalue weighted by atomic mass is 9.80. The standard InChI is InChI=1S/C24H38.C6H6/c1-3-9-21-13-17-23(18-14-21)11-7-5-6-8-12-24-19-15-22(10-4-2)16-20-24;1-3-5-6-4-2/h7-8,11-12,21-24H,3-4,9-10,13-20H2,1-2H3;3-4H,1-2H2/b11-7+,12-8+;. The van der Waals surface area contributed by atoms with Gasteiger partial charge in [-0.3, -0.25) is 0 Å². The van der Waals surface area contributed by atoms with Gasteiger partial charge in [-0.15, -0.1) is 0 Å². The molecule has 2 saturated carbocycles. The van der Waals surface area contributed by atoms with Gasteiger partial charge in [0.2, 0.25) is 0 Å². The zero-order chi connectivity index (χ0) is 21.9. The van der Waals surface area contributed by atoms with Crippen molar-refractivity contribution < 1.29 is 0 Å². The topological polar surface area (TPSA) is 0 Å². The molecule has 2 aliphatic rings. The van der Waals surface area contributed by atoms with Crippen molar-refractivity contribution in [2.45, 2.75) is 90.9 Å². The summed E-state index contributed by atoms with van der Waals surface area (Å²) in [6, 6.07) is 0. The molecule has 164 valence electrons. The van der Waals surface area contributed by atoms with Crippen LogP contribution in [0.25, 0.3) is 0 Å². The third-order valence-corrected chi connectivity index (χ3v) is 6.45. The van der Waals surface area contributed by atoms with E-state index in [2.05, 4.69) is 75.0 Å². The first-order valence-corrected chi connectivity index (χ1v) is 12.3. The fourth-order valence-corrected chi connectivity index (χ4v) is 4.74. The second-order valence-corrected chi connectivity index (χ2v) is 8.84. The van der Waals surface area contributed by atoms with Crippen LogP contribution >= 0.6 is 0 Å². The van der Waals surface area contributed by atoms with Gasteiger partial charge >= 0.3 is 0 Å². The Labute approximate surface area is 188 Å². The number of hydrogen-bond donors (Lipinski definition) is 0. The van der Waals surface area contributed by atoms with Crippen molar-refractivity contribution in [1.82, 2.24) is 0 Å². The highest BCUT2D eigenvalue weighted by Crippen LogP contribution is 2.32. The highest BCUT2D eigenvalue weighted by Gasteiger charge is 2.19. The molecule has 0 aromatic heterocycles. The third-order valence-electron chi connectivity index (χ3n) is 6.45. The van der Waals surface area contributed by atoms with E-state index in [9.17, 15) is 0 Å². The van der Waals surface area contributed by atoms with Gasteiger partial charge in [0.05, 0.1) is 0 Å². The van der Waals surface area contributed by atoms with Gasteiger partial charge in [-0.2, -0.15) is 0 Å². The van der Waals surface area contributed by atoms with Crippen molar-refractivity contribution in [3.8, 4) is 23.7 Å². The molecule has 2 rings (SSSR count). The van der Waals surface area contributed by atoms with Crippen LogP contribution in [-0.4, -0.2) is 0 Å². The summed E-state index contributed by atoms with van der Waals surface area (Å²) in [5.74, 6) is 15.2. The molecule has 0 radical (unpaired) electrons. The predicted molar refractivity (Wildman–Crippen MR) is 135 cm³/mol. The molecule has 0 bridgehead atoms. The maximum Gasteiger partial charge on any atom is -0.0153 e. The lowest BCUT2D eigenvalue weighted by Crippen LogP contribution is -2.12. The smallest absolute Gasteiger partial charge is 0.0153 e. The summed E-state index contributed by atoms with van der Waals surface area (Å²) in [5.41, 5.74) is 0. The summed E-state index contributed by atoms with van der Waals surface area (Å²) in [6.45, 7) is 11.4. The molecule has 0 heteroatoms. The molecule has 0 aromatic carbocycles. The molecule has 0 heterocycles. The van der Waals surface area contributed by atoms with Crippen molar-refractivity contribution in [2.75, 3.05) is 0 Å². The van der Waals surface area contributed by atoms with Gasteiger partial charge in [-0.25, -0.2) is 0 Å². The van der Waals surface area contributed by atoms with Gasteiger partial charge in [-0.1, -0.05) is 88.5 Å². The van der Waals surface area contributed by atoms with Crippen LogP contribution in [0.2, 0.25) is 0 Å². The van der Waals surface area contributed by atoms with Crippen molar-refractivity contribution in [3.63, 3.8) is 0 Å². The molecule has 2 fully saturated rings. The molecule has 0 saturated heterocycles. The van der Waals surface area contributed by atoms with Crippen LogP contribution in [0, 0.1) is 47.4 Å². The van der Waals surface area contributed by atoms with Gasteiger partial charge < -0.3 is 0 Å². The minimum absolute atomic E-state index is 0.783. The number of rotatable bonds is 6. The Kier molecular flexibility index (Phi) is 15.6. The second kappa shape index (κ2) is 17.9. The fraction of sp³-hybridized carbons (Fsp3) is 0.600. The zero-order valence-electron chi connectivity index (χ0n) is 19.7. The average molecular weight is 405 g/mol. The molecular weight excluding hydrogens is 360 g/mol. The largest absolute Gasteiger partial charge is 0.0906 e. The van der Waals surface area contributed by atoms with Gasteiger partial charge in [-0.05, 0) is 99.3 Å². The molecular formula is C30H44.